The lowest BCUT2D eigenvalue weighted by Crippen LogP contribution is -2.33. The fraction of sp³-hybridized carbons (Fsp3) is 0.312. The van der Waals surface area contributed by atoms with E-state index in [1.807, 2.05) is 19.1 Å². The number of hydrogen-bond donors (Lipinski definition) is 2. The number of ether oxygens (including phenoxy) is 1. The highest BCUT2D eigenvalue weighted by Gasteiger charge is 2.10. The van der Waals surface area contributed by atoms with E-state index in [0.29, 0.717) is 6.54 Å². The molecule has 1 aromatic carbocycles. The van der Waals surface area contributed by atoms with Crippen molar-refractivity contribution in [1.29, 1.82) is 0 Å². The number of nitrogens with one attached hydrogen (secondary N) is 1. The summed E-state index contributed by atoms with van der Waals surface area (Å²) in [4.78, 5) is 3.96. The number of hydrogen-bond acceptors (Lipinski definition) is 4. The van der Waals surface area contributed by atoms with E-state index < -0.39 is 11.9 Å². The molecule has 4 nitrogen and oxygen atoms in total. The number of aliphatic hydroxyl groups excluding tert-OH is 1. The third-order valence-corrected chi connectivity index (χ3v) is 3.13. The molecule has 0 fully saturated rings. The van der Waals surface area contributed by atoms with Gasteiger partial charge in [-0.1, -0.05) is 12.1 Å². The van der Waals surface area contributed by atoms with Crippen LogP contribution in [-0.4, -0.2) is 29.3 Å². The zero-order valence-corrected chi connectivity index (χ0v) is 11.9. The topological polar surface area (TPSA) is 54.4 Å². The van der Waals surface area contributed by atoms with Crippen LogP contribution in [0.15, 0.2) is 48.8 Å². The molecule has 0 aliphatic carbocycles. The number of pyridine rings is 1. The minimum absolute atomic E-state index is 0.0387. The van der Waals surface area contributed by atoms with Gasteiger partial charge in [-0.05, 0) is 36.8 Å². The molecule has 2 N–H and O–H groups in total. The molecule has 1 heterocycles. The lowest BCUT2D eigenvalue weighted by Gasteiger charge is -2.18. The number of halogens is 1. The van der Waals surface area contributed by atoms with Crippen molar-refractivity contribution >= 4 is 0 Å². The first-order valence-electron chi connectivity index (χ1n) is 6.85. The number of para-hydroxylation sites is 1. The molecule has 21 heavy (non-hydrogen) atoms. The quantitative estimate of drug-likeness (QED) is 0.821. The minimum atomic E-state index is -0.714. The van der Waals surface area contributed by atoms with E-state index in [1.54, 1.807) is 24.5 Å². The molecule has 0 amide bonds. The van der Waals surface area contributed by atoms with Crippen molar-refractivity contribution in [2.75, 3.05) is 13.2 Å². The maximum Gasteiger partial charge on any atom is 0.165 e. The molecule has 5 heteroatoms. The SMILES string of the molecule is C[C@@H](NCC(O)COc1ccccc1F)c1ccncc1. The van der Waals surface area contributed by atoms with Crippen LogP contribution in [0.2, 0.25) is 0 Å². The van der Waals surface area contributed by atoms with Crippen LogP contribution in [0.3, 0.4) is 0 Å². The zero-order valence-electron chi connectivity index (χ0n) is 11.9. The van der Waals surface area contributed by atoms with Gasteiger partial charge in [0.1, 0.15) is 12.7 Å². The molecule has 1 aromatic heterocycles. The first-order chi connectivity index (χ1) is 10.2. The van der Waals surface area contributed by atoms with Crippen LogP contribution in [-0.2, 0) is 0 Å². The summed E-state index contributed by atoms with van der Waals surface area (Å²) < 4.78 is 18.6. The average Bonchev–Trinajstić information content (AvgIpc) is 2.52. The predicted octanol–water partition coefficient (Wildman–Crippen LogP) is 2.31. The first-order valence-corrected chi connectivity index (χ1v) is 6.85. The van der Waals surface area contributed by atoms with E-state index in [1.165, 1.54) is 12.1 Å². The average molecular weight is 290 g/mol. The number of benzene rings is 1. The second kappa shape index (κ2) is 7.71. The van der Waals surface area contributed by atoms with Gasteiger partial charge >= 0.3 is 0 Å². The normalized spacial score (nSPS) is 13.7. The van der Waals surface area contributed by atoms with Crippen molar-refractivity contribution in [3.05, 3.63) is 60.2 Å². The van der Waals surface area contributed by atoms with Gasteiger partial charge < -0.3 is 15.2 Å². The summed E-state index contributed by atoms with van der Waals surface area (Å²) in [6.45, 7) is 2.40. The van der Waals surface area contributed by atoms with Gasteiger partial charge in [-0.15, -0.1) is 0 Å². The van der Waals surface area contributed by atoms with E-state index in [2.05, 4.69) is 10.3 Å². The number of aromatic nitrogens is 1. The van der Waals surface area contributed by atoms with Gasteiger partial charge in [0.05, 0.1) is 0 Å². The molecule has 1 unspecified atom stereocenters. The second-order valence-corrected chi connectivity index (χ2v) is 4.81. The van der Waals surface area contributed by atoms with Gasteiger partial charge in [0.15, 0.2) is 11.6 Å². The van der Waals surface area contributed by atoms with Crippen LogP contribution in [0.5, 0.6) is 5.75 Å². The third-order valence-electron chi connectivity index (χ3n) is 3.13. The molecule has 0 saturated heterocycles. The largest absolute Gasteiger partial charge is 0.488 e. The summed E-state index contributed by atoms with van der Waals surface area (Å²) >= 11 is 0. The molecule has 0 aliphatic heterocycles. The number of rotatable bonds is 7. The van der Waals surface area contributed by atoms with E-state index in [-0.39, 0.29) is 18.4 Å². The molecule has 0 aliphatic rings. The van der Waals surface area contributed by atoms with Crippen LogP contribution in [0.1, 0.15) is 18.5 Å². The summed E-state index contributed by atoms with van der Waals surface area (Å²) in [6, 6.07) is 10.1. The van der Waals surface area contributed by atoms with E-state index in [4.69, 9.17) is 4.74 Å². The molecular weight excluding hydrogens is 271 g/mol. The van der Waals surface area contributed by atoms with Gasteiger partial charge in [0.2, 0.25) is 0 Å². The Bertz CT molecular complexity index is 551. The van der Waals surface area contributed by atoms with Crippen LogP contribution in [0, 0.1) is 5.82 Å². The van der Waals surface area contributed by atoms with Gasteiger partial charge in [0.25, 0.3) is 0 Å². The van der Waals surface area contributed by atoms with E-state index in [0.717, 1.165) is 5.56 Å². The second-order valence-electron chi connectivity index (χ2n) is 4.81. The maximum absolute atomic E-state index is 13.3. The highest BCUT2D eigenvalue weighted by molar-refractivity contribution is 5.23. The van der Waals surface area contributed by atoms with Crippen molar-refractivity contribution in [2.24, 2.45) is 0 Å². The van der Waals surface area contributed by atoms with E-state index >= 15 is 0 Å². The van der Waals surface area contributed by atoms with Gasteiger partial charge in [-0.25, -0.2) is 4.39 Å². The minimum Gasteiger partial charge on any atom is -0.488 e. The Morgan fingerprint density at radius 1 is 1.24 bits per heavy atom. The number of aliphatic hydroxyl groups is 1. The summed E-state index contributed by atoms with van der Waals surface area (Å²) in [6.07, 6.45) is 2.74. The van der Waals surface area contributed by atoms with Crippen molar-refractivity contribution in [3.63, 3.8) is 0 Å². The Labute approximate surface area is 123 Å². The molecular formula is C16H19FN2O2. The molecule has 0 saturated carbocycles. The predicted molar refractivity (Wildman–Crippen MR) is 78.6 cm³/mol. The lowest BCUT2D eigenvalue weighted by molar-refractivity contribution is 0.102. The molecule has 112 valence electrons. The summed E-state index contributed by atoms with van der Waals surface area (Å²) in [5.41, 5.74) is 1.09. The van der Waals surface area contributed by atoms with Crippen molar-refractivity contribution in [1.82, 2.24) is 10.3 Å². The van der Waals surface area contributed by atoms with Crippen LogP contribution >= 0.6 is 0 Å². The molecule has 0 bridgehead atoms. The molecule has 2 rings (SSSR count). The Hall–Kier alpha value is -1.98. The van der Waals surface area contributed by atoms with Crippen molar-refractivity contribution in [2.45, 2.75) is 19.1 Å². The Kier molecular flexibility index (Phi) is 5.66. The van der Waals surface area contributed by atoms with E-state index in [9.17, 15) is 9.50 Å². The Balaban J connectivity index is 1.75. The highest BCUT2D eigenvalue weighted by atomic mass is 19.1. The first kappa shape index (κ1) is 15.4. The highest BCUT2D eigenvalue weighted by Crippen LogP contribution is 2.15. The van der Waals surface area contributed by atoms with Gasteiger partial charge in [0, 0.05) is 25.0 Å². The Morgan fingerprint density at radius 2 is 1.95 bits per heavy atom. The lowest BCUT2D eigenvalue weighted by atomic mass is 10.1. The van der Waals surface area contributed by atoms with Crippen LogP contribution < -0.4 is 10.1 Å². The fourth-order valence-electron chi connectivity index (χ4n) is 1.89. The van der Waals surface area contributed by atoms with Gasteiger partial charge in [-0.3, -0.25) is 4.98 Å². The summed E-state index contributed by atoms with van der Waals surface area (Å²) in [7, 11) is 0. The monoisotopic (exact) mass is 290 g/mol. The fourth-order valence-corrected chi connectivity index (χ4v) is 1.89. The summed E-state index contributed by atoms with van der Waals surface area (Å²) in [5, 5.41) is 13.1. The van der Waals surface area contributed by atoms with Gasteiger partial charge in [-0.2, -0.15) is 0 Å². The standard InChI is InChI=1S/C16H19FN2O2/c1-12(13-6-8-18-9-7-13)19-10-14(20)11-21-16-5-3-2-4-15(16)17/h2-9,12,14,19-20H,10-11H2,1H3/t12-,14?/m1/s1. The molecule has 2 aromatic rings. The zero-order chi connectivity index (χ0) is 15.1. The Morgan fingerprint density at radius 3 is 2.67 bits per heavy atom. The molecule has 0 spiro atoms. The summed E-state index contributed by atoms with van der Waals surface area (Å²) in [5.74, 6) is -0.276. The third kappa shape index (κ3) is 4.81. The smallest absolute Gasteiger partial charge is 0.165 e. The van der Waals surface area contributed by atoms with Crippen molar-refractivity contribution in [3.8, 4) is 5.75 Å². The van der Waals surface area contributed by atoms with Crippen LogP contribution in [0.25, 0.3) is 0 Å². The molecule has 2 atom stereocenters. The maximum atomic E-state index is 13.3. The molecule has 0 radical (unpaired) electrons. The number of nitrogens with zero attached hydrogens (tertiary/aromatic N) is 1. The van der Waals surface area contributed by atoms with Crippen LogP contribution in [0.4, 0.5) is 4.39 Å². The van der Waals surface area contributed by atoms with Crippen molar-refractivity contribution < 1.29 is 14.2 Å².